The number of nitrogens with one attached hydrogen (secondary N) is 1. The van der Waals surface area contributed by atoms with Gasteiger partial charge in [-0.05, 0) is 82.3 Å². The van der Waals surface area contributed by atoms with Crippen LogP contribution in [0.2, 0.25) is 0 Å². The summed E-state index contributed by atoms with van der Waals surface area (Å²) in [5.41, 5.74) is 3.19. The van der Waals surface area contributed by atoms with E-state index in [2.05, 4.69) is 36.7 Å². The second kappa shape index (κ2) is 9.44. The van der Waals surface area contributed by atoms with Gasteiger partial charge in [-0.2, -0.15) is 0 Å². The number of rotatable bonds is 8. The zero-order valence-electron chi connectivity index (χ0n) is 21.4. The summed E-state index contributed by atoms with van der Waals surface area (Å²) < 4.78 is 8.19. The summed E-state index contributed by atoms with van der Waals surface area (Å²) in [7, 11) is 1.76. The van der Waals surface area contributed by atoms with E-state index in [1.54, 1.807) is 7.11 Å². The minimum Gasteiger partial charge on any atom is -0.381 e. The molecule has 6 heteroatoms. The van der Waals surface area contributed by atoms with Crippen molar-refractivity contribution < 1.29 is 9.53 Å². The van der Waals surface area contributed by atoms with E-state index < -0.39 is 0 Å². The summed E-state index contributed by atoms with van der Waals surface area (Å²) in [5, 5.41) is 12.7. The van der Waals surface area contributed by atoms with Gasteiger partial charge in [0, 0.05) is 30.7 Å². The molecule has 3 fully saturated rings. The first-order valence-electron chi connectivity index (χ1n) is 13.2. The zero-order valence-corrected chi connectivity index (χ0v) is 21.4. The van der Waals surface area contributed by atoms with Crippen LogP contribution in [-0.2, 0) is 9.53 Å². The van der Waals surface area contributed by atoms with Gasteiger partial charge >= 0.3 is 0 Å². The first-order chi connectivity index (χ1) is 16.3. The summed E-state index contributed by atoms with van der Waals surface area (Å²) >= 11 is 0. The minimum atomic E-state index is -0.157. The highest BCUT2D eigenvalue weighted by molar-refractivity contribution is 5.94. The summed E-state index contributed by atoms with van der Waals surface area (Å²) in [4.78, 5) is 13.5. The number of aryl methyl sites for hydroxylation is 2. The maximum atomic E-state index is 13.5. The lowest BCUT2D eigenvalue weighted by Gasteiger charge is -2.36. The van der Waals surface area contributed by atoms with E-state index in [1.807, 2.05) is 19.1 Å². The monoisotopic (exact) mass is 464 g/mol. The number of nitrogens with zero attached hydrogens (tertiary/aromatic N) is 3. The molecule has 0 spiro atoms. The average Bonchev–Trinajstić information content (AvgIpc) is 3.36. The van der Waals surface area contributed by atoms with Gasteiger partial charge < -0.3 is 14.6 Å². The standard InChI is InChI=1S/C28H40N4O2/c1-16(2)10-19-12-20(13-19)26-30-31-27(32(26)21-7-8-21)23-14-22(34-5)15-24(23)28(33)29-25-9-6-17(3)11-18(25)4/h6,9,11,16,19-24H,7-8,10,12-15H2,1-5H3,(H,29,33)/t19?,20?,22?,23-,24-/m0/s1. The number of methoxy groups -OCH3 is 1. The molecule has 1 unspecified atom stereocenters. The second-order valence-corrected chi connectivity index (χ2v) is 11.5. The van der Waals surface area contributed by atoms with Crippen molar-refractivity contribution >= 4 is 11.6 Å². The number of benzene rings is 1. The molecule has 6 nitrogen and oxygen atoms in total. The fourth-order valence-electron chi connectivity index (χ4n) is 6.30. The van der Waals surface area contributed by atoms with E-state index >= 15 is 0 Å². The Kier molecular flexibility index (Phi) is 6.54. The molecule has 184 valence electrons. The van der Waals surface area contributed by atoms with Crippen LogP contribution in [0.5, 0.6) is 0 Å². The number of anilines is 1. The Morgan fingerprint density at radius 1 is 1.12 bits per heavy atom. The molecule has 5 rings (SSSR count). The van der Waals surface area contributed by atoms with Crippen LogP contribution in [0.15, 0.2) is 18.2 Å². The Bertz CT molecular complexity index is 1040. The van der Waals surface area contributed by atoms with Crippen LogP contribution in [-0.4, -0.2) is 33.9 Å². The number of carbonyl (C=O) groups excluding carboxylic acids is 1. The highest BCUT2D eigenvalue weighted by Crippen LogP contribution is 2.50. The molecule has 0 saturated heterocycles. The normalized spacial score (nSPS) is 28.8. The Morgan fingerprint density at radius 2 is 1.85 bits per heavy atom. The molecule has 0 aliphatic heterocycles. The predicted molar refractivity (Wildman–Crippen MR) is 134 cm³/mol. The third-order valence-corrected chi connectivity index (χ3v) is 8.23. The van der Waals surface area contributed by atoms with Gasteiger partial charge in [-0.3, -0.25) is 4.79 Å². The van der Waals surface area contributed by atoms with E-state index in [-0.39, 0.29) is 23.8 Å². The summed E-state index contributed by atoms with van der Waals surface area (Å²) in [5.74, 6) is 4.25. The van der Waals surface area contributed by atoms with E-state index in [9.17, 15) is 4.79 Å². The van der Waals surface area contributed by atoms with Gasteiger partial charge in [0.1, 0.15) is 11.6 Å². The molecule has 1 aromatic heterocycles. The lowest BCUT2D eigenvalue weighted by atomic mass is 9.71. The molecular formula is C28H40N4O2. The molecule has 1 heterocycles. The van der Waals surface area contributed by atoms with Crippen molar-refractivity contribution in [2.45, 2.75) is 96.6 Å². The van der Waals surface area contributed by atoms with Gasteiger partial charge in [0.2, 0.25) is 5.91 Å². The predicted octanol–water partition coefficient (Wildman–Crippen LogP) is 5.92. The van der Waals surface area contributed by atoms with Crippen LogP contribution < -0.4 is 5.32 Å². The van der Waals surface area contributed by atoms with Crippen molar-refractivity contribution in [3.8, 4) is 0 Å². The summed E-state index contributed by atoms with van der Waals surface area (Å²) in [6.07, 6.45) is 7.78. The highest BCUT2D eigenvalue weighted by Gasteiger charge is 2.46. The maximum absolute atomic E-state index is 13.5. The molecule has 1 aromatic carbocycles. The molecule has 2 aromatic rings. The fourth-order valence-corrected chi connectivity index (χ4v) is 6.30. The van der Waals surface area contributed by atoms with Gasteiger partial charge in [-0.1, -0.05) is 31.5 Å². The molecule has 0 bridgehead atoms. The molecule has 1 N–H and O–H groups in total. The van der Waals surface area contributed by atoms with E-state index in [1.165, 1.54) is 43.5 Å². The van der Waals surface area contributed by atoms with Gasteiger partial charge in [-0.25, -0.2) is 0 Å². The summed E-state index contributed by atoms with van der Waals surface area (Å²) in [6.45, 7) is 8.75. The lowest BCUT2D eigenvalue weighted by Crippen LogP contribution is -2.28. The number of ether oxygens (including phenoxy) is 1. The third kappa shape index (κ3) is 4.66. The van der Waals surface area contributed by atoms with Crippen LogP contribution in [0, 0.1) is 31.6 Å². The van der Waals surface area contributed by atoms with Crippen LogP contribution in [0.3, 0.4) is 0 Å². The first-order valence-corrected chi connectivity index (χ1v) is 13.2. The van der Waals surface area contributed by atoms with Crippen molar-refractivity contribution in [2.24, 2.45) is 17.8 Å². The maximum Gasteiger partial charge on any atom is 0.228 e. The third-order valence-electron chi connectivity index (χ3n) is 8.23. The van der Waals surface area contributed by atoms with Gasteiger partial charge in [-0.15, -0.1) is 10.2 Å². The molecular weight excluding hydrogens is 424 g/mol. The average molecular weight is 465 g/mol. The molecule has 34 heavy (non-hydrogen) atoms. The number of hydrogen-bond acceptors (Lipinski definition) is 4. The molecule has 3 atom stereocenters. The van der Waals surface area contributed by atoms with Crippen molar-refractivity contribution in [1.82, 2.24) is 14.8 Å². The fraction of sp³-hybridized carbons (Fsp3) is 0.679. The van der Waals surface area contributed by atoms with Crippen molar-refractivity contribution in [2.75, 3.05) is 12.4 Å². The molecule has 0 radical (unpaired) electrons. The number of hydrogen-bond donors (Lipinski definition) is 1. The minimum absolute atomic E-state index is 0.0455. The highest BCUT2D eigenvalue weighted by atomic mass is 16.5. The van der Waals surface area contributed by atoms with E-state index in [0.717, 1.165) is 41.8 Å². The first kappa shape index (κ1) is 23.5. The smallest absolute Gasteiger partial charge is 0.228 e. The molecule has 3 aliphatic rings. The van der Waals surface area contributed by atoms with Crippen LogP contribution >= 0.6 is 0 Å². The lowest BCUT2D eigenvalue weighted by molar-refractivity contribution is -0.120. The van der Waals surface area contributed by atoms with Gasteiger partial charge in [0.05, 0.1) is 12.0 Å². The van der Waals surface area contributed by atoms with Crippen molar-refractivity contribution in [3.63, 3.8) is 0 Å². The van der Waals surface area contributed by atoms with Crippen molar-refractivity contribution in [1.29, 1.82) is 0 Å². The number of aromatic nitrogens is 3. The van der Waals surface area contributed by atoms with Gasteiger partial charge in [0.25, 0.3) is 0 Å². The van der Waals surface area contributed by atoms with Gasteiger partial charge in [0.15, 0.2) is 0 Å². The van der Waals surface area contributed by atoms with E-state index in [0.29, 0.717) is 12.0 Å². The number of amides is 1. The quantitative estimate of drug-likeness (QED) is 0.527. The molecule has 3 aliphatic carbocycles. The Balaban J connectivity index is 1.38. The van der Waals surface area contributed by atoms with E-state index in [4.69, 9.17) is 14.9 Å². The molecule has 1 amide bonds. The Morgan fingerprint density at radius 3 is 2.50 bits per heavy atom. The van der Waals surface area contributed by atoms with Crippen LogP contribution in [0.1, 0.15) is 99.4 Å². The van der Waals surface area contributed by atoms with Crippen LogP contribution in [0.25, 0.3) is 0 Å². The van der Waals surface area contributed by atoms with Crippen molar-refractivity contribution in [3.05, 3.63) is 41.0 Å². The second-order valence-electron chi connectivity index (χ2n) is 11.5. The Hall–Kier alpha value is -2.21. The topological polar surface area (TPSA) is 69.0 Å². The summed E-state index contributed by atoms with van der Waals surface area (Å²) in [6, 6.07) is 6.68. The van der Waals surface area contributed by atoms with Crippen LogP contribution in [0.4, 0.5) is 5.69 Å². The molecule has 3 saturated carbocycles. The zero-order chi connectivity index (χ0) is 24.0. The number of carbonyl (C=O) groups is 1. The Labute approximate surface area is 203 Å². The largest absolute Gasteiger partial charge is 0.381 e. The SMILES string of the molecule is COC1C[C@H](C(=O)Nc2ccc(C)cc2C)[C@@H](c2nnc(C3CC(CC(C)C)C3)n2C2CC2)C1.